The second-order valence-corrected chi connectivity index (χ2v) is 34.8. The molecular weight excluding hydrogens is 1610 g/mol. The number of aryl methyl sites for hydroxylation is 2. The summed E-state index contributed by atoms with van der Waals surface area (Å²) in [6.45, 7) is 60.9. The molecular formula is C94H114Au2N6-2. The molecule has 2 aliphatic rings. The number of anilines is 4. The quantitative estimate of drug-likeness (QED) is 0.0777. The molecule has 544 valence electrons. The molecule has 2 radical (unpaired) electrons. The van der Waals surface area contributed by atoms with Crippen molar-refractivity contribution >= 4 is 90.4 Å². The predicted octanol–water partition coefficient (Wildman–Crippen LogP) is 25.9. The molecule has 0 amide bonds. The Morgan fingerprint density at radius 2 is 0.559 bits per heavy atom. The summed E-state index contributed by atoms with van der Waals surface area (Å²) < 4.78 is 4.87. The normalized spacial score (nSPS) is 13.6. The van der Waals surface area contributed by atoms with Crippen LogP contribution in [-0.2, 0) is 79.5 Å². The minimum absolute atomic E-state index is 0. The monoisotopic (exact) mass is 1720 g/mol. The van der Waals surface area contributed by atoms with Crippen molar-refractivity contribution in [1.29, 1.82) is 0 Å². The molecule has 0 N–H and O–H groups in total. The van der Waals surface area contributed by atoms with Gasteiger partial charge in [0.15, 0.2) is 0 Å². The van der Waals surface area contributed by atoms with Crippen molar-refractivity contribution in [2.24, 2.45) is 0 Å². The van der Waals surface area contributed by atoms with Crippen LogP contribution in [0.25, 0.3) is 43.6 Å². The zero-order valence-electron chi connectivity index (χ0n) is 66.2. The number of nitrogens with zero attached hydrogens (tertiary/aromatic N) is 6. The molecule has 0 fully saturated rings. The summed E-state index contributed by atoms with van der Waals surface area (Å²) in [6, 6.07) is 59.0. The summed E-state index contributed by atoms with van der Waals surface area (Å²) in [6.07, 6.45) is 8.13. The predicted molar refractivity (Wildman–Crippen MR) is 432 cm³/mol. The van der Waals surface area contributed by atoms with Gasteiger partial charge in [-0.25, -0.2) is 0 Å². The van der Waals surface area contributed by atoms with E-state index in [0.29, 0.717) is 35.5 Å². The summed E-state index contributed by atoms with van der Waals surface area (Å²) in [5, 5.41) is 5.12. The van der Waals surface area contributed by atoms with Crippen LogP contribution in [0.5, 0.6) is 0 Å². The first-order valence-corrected chi connectivity index (χ1v) is 37.2. The zero-order chi connectivity index (χ0) is 72.6. The van der Waals surface area contributed by atoms with Gasteiger partial charge in [0.2, 0.25) is 12.7 Å². The number of hydrogen-bond acceptors (Lipinski definition) is 2. The molecule has 102 heavy (non-hydrogen) atoms. The van der Waals surface area contributed by atoms with Crippen molar-refractivity contribution in [3.05, 3.63) is 236 Å². The van der Waals surface area contributed by atoms with Crippen molar-refractivity contribution in [3.63, 3.8) is 0 Å². The van der Waals surface area contributed by atoms with Gasteiger partial charge in [-0.05, 0) is 170 Å². The Kier molecular flexibility index (Phi) is 23.7. The van der Waals surface area contributed by atoms with Crippen LogP contribution in [0.2, 0.25) is 0 Å². The van der Waals surface area contributed by atoms with E-state index < -0.39 is 0 Å². The smallest absolute Gasteiger partial charge is 0.245 e. The molecule has 0 unspecified atom stereocenters. The topological polar surface area (TPSA) is 40.7 Å². The van der Waals surface area contributed by atoms with Crippen molar-refractivity contribution in [1.82, 2.24) is 9.97 Å². The fourth-order valence-corrected chi connectivity index (χ4v) is 14.8. The first-order valence-electron chi connectivity index (χ1n) is 37.2. The molecule has 8 heteroatoms. The summed E-state index contributed by atoms with van der Waals surface area (Å²) in [5.74, 6) is 2.15. The SMILES string of the molecule is CC(C)(C)c1ccc2[n-]c3ccc(C(C)(C)C)cc3c2c1.CC(C)(C)c1ccc2[n-]c3ccc(C(C)(C)C)cc3c2c1.Cc1cccc(C(C)C)c1N1[C-]=[N+](c2c(C(C)C)cccc2C(C)C)Cc2cc3c(cc21)C[N+](c1c(C(C)C)cccc1C(C)C)=[C-]N3c1c(C)cccc1C(C)C.[Au].[Au]. The van der Waals surface area contributed by atoms with Crippen LogP contribution in [0.3, 0.4) is 0 Å². The van der Waals surface area contributed by atoms with Gasteiger partial charge in [-0.2, -0.15) is 0 Å². The Balaban J connectivity index is 0.000000222. The third-order valence-electron chi connectivity index (χ3n) is 20.8. The average molecular weight is 1720 g/mol. The molecule has 9 aromatic carbocycles. The molecule has 0 spiro atoms. The van der Waals surface area contributed by atoms with Gasteiger partial charge in [-0.1, -0.05) is 324 Å². The van der Waals surface area contributed by atoms with Crippen LogP contribution in [0.1, 0.15) is 280 Å². The molecule has 6 nitrogen and oxygen atoms in total. The van der Waals surface area contributed by atoms with Gasteiger partial charge < -0.3 is 28.9 Å². The molecule has 4 heterocycles. The minimum atomic E-state index is 0. The van der Waals surface area contributed by atoms with E-state index in [0.717, 1.165) is 35.2 Å². The van der Waals surface area contributed by atoms with Crippen LogP contribution < -0.4 is 19.8 Å². The Morgan fingerprint density at radius 1 is 0.324 bits per heavy atom. The first kappa shape index (κ1) is 79.1. The molecule has 0 saturated heterocycles. The van der Waals surface area contributed by atoms with E-state index in [2.05, 4.69) is 369 Å². The van der Waals surface area contributed by atoms with E-state index in [1.165, 1.54) is 134 Å². The van der Waals surface area contributed by atoms with Crippen LogP contribution in [-0.4, -0.2) is 21.8 Å². The summed E-state index contributed by atoms with van der Waals surface area (Å²) in [7, 11) is 0. The van der Waals surface area contributed by atoms with Gasteiger partial charge in [0, 0.05) is 44.8 Å². The van der Waals surface area contributed by atoms with Gasteiger partial charge in [0.05, 0.1) is 47.2 Å². The third-order valence-corrected chi connectivity index (χ3v) is 20.8. The van der Waals surface area contributed by atoms with E-state index in [1.807, 2.05) is 0 Å². The van der Waals surface area contributed by atoms with E-state index in [1.54, 1.807) is 0 Å². The van der Waals surface area contributed by atoms with Gasteiger partial charge in [-0.15, -0.1) is 22.1 Å². The van der Waals surface area contributed by atoms with Crippen LogP contribution in [0.15, 0.2) is 158 Å². The summed E-state index contributed by atoms with van der Waals surface area (Å²) in [4.78, 5) is 14.3. The molecule has 0 aliphatic carbocycles. The van der Waals surface area contributed by atoms with E-state index in [4.69, 9.17) is 9.97 Å². The molecule has 0 atom stereocenters. The summed E-state index contributed by atoms with van der Waals surface area (Å²) in [5.41, 5.74) is 31.2. The average Bonchev–Trinajstić information content (AvgIpc) is 1.07. The Labute approximate surface area is 645 Å². The Morgan fingerprint density at radius 3 is 0.794 bits per heavy atom. The minimum Gasteiger partial charge on any atom is -0.657 e. The van der Waals surface area contributed by atoms with Crippen molar-refractivity contribution < 1.29 is 53.9 Å². The van der Waals surface area contributed by atoms with Gasteiger partial charge in [-0.3, -0.25) is 0 Å². The maximum Gasteiger partial charge on any atom is 0.245 e. The number of hydrogen-bond donors (Lipinski definition) is 0. The van der Waals surface area contributed by atoms with E-state index in [-0.39, 0.29) is 66.4 Å². The van der Waals surface area contributed by atoms with Crippen molar-refractivity contribution in [2.45, 2.75) is 250 Å². The standard InChI is InChI=1S/C54H66N4.2C20H24N.2Au/c1-33(2)43-21-15-19-39(13)51(43)57-31-55(53-45(35(5)6)23-17-24-46(53)36(7)8)29-41-28-50-42(27-49(41)57)30-56(54-47(37(9)10)25-18-26-48(54)38(11)12)32-58(50)52-40(14)20-16-22-44(52)34(3)4;2*1-19(2,3)13-7-9-17-15(11-13)16-12-14(20(4,5)6)8-10-18(16)21-17;;/h15-28,33-38H,29-30H2,1-14H3;2*7-12H,1-6H3;;/q;2*-1;;. The van der Waals surface area contributed by atoms with E-state index in [9.17, 15) is 0 Å². The van der Waals surface area contributed by atoms with Crippen LogP contribution in [0, 0.1) is 13.8 Å². The van der Waals surface area contributed by atoms with Crippen molar-refractivity contribution in [2.75, 3.05) is 9.80 Å². The summed E-state index contributed by atoms with van der Waals surface area (Å²) >= 11 is 0. The molecule has 2 aliphatic heterocycles. The van der Waals surface area contributed by atoms with Crippen LogP contribution >= 0.6 is 0 Å². The number of fused-ring (bicyclic) bond motifs is 8. The third kappa shape index (κ3) is 16.1. The van der Waals surface area contributed by atoms with Gasteiger partial charge in [0.25, 0.3) is 0 Å². The number of aromatic nitrogens is 2. The molecule has 0 saturated carbocycles. The fourth-order valence-electron chi connectivity index (χ4n) is 14.8. The Hall–Kier alpha value is -7.00. The maximum absolute atomic E-state index is 4.76. The number of rotatable bonds is 10. The van der Waals surface area contributed by atoms with Gasteiger partial charge >= 0.3 is 0 Å². The second kappa shape index (κ2) is 30.6. The maximum atomic E-state index is 4.76. The second-order valence-electron chi connectivity index (χ2n) is 34.8. The first-order chi connectivity index (χ1) is 46.9. The van der Waals surface area contributed by atoms with Gasteiger partial charge in [0.1, 0.15) is 0 Å². The number of benzene rings is 9. The Bertz CT molecular complexity index is 4430. The molecule has 2 aromatic heterocycles. The van der Waals surface area contributed by atoms with Crippen LogP contribution in [0.4, 0.5) is 34.1 Å². The largest absolute Gasteiger partial charge is 0.657 e. The van der Waals surface area contributed by atoms with Crippen molar-refractivity contribution in [3.8, 4) is 0 Å². The fraction of sp³-hybridized carbons (Fsp3) is 0.404. The zero-order valence-corrected chi connectivity index (χ0v) is 70.5. The molecule has 11 aromatic rings. The molecule has 13 rings (SSSR count). The number of para-hydroxylation sites is 4. The molecule has 0 bridgehead atoms. The van der Waals surface area contributed by atoms with E-state index >= 15 is 0 Å².